The largest absolute Gasteiger partial charge is 0.278 e. The van der Waals surface area contributed by atoms with E-state index in [1.54, 1.807) is 0 Å². The van der Waals surface area contributed by atoms with E-state index in [2.05, 4.69) is 4.72 Å². The number of nitrogens with one attached hydrogen (secondary N) is 1. The van der Waals surface area contributed by atoms with E-state index in [1.165, 1.54) is 12.1 Å². The Kier molecular flexibility index (Phi) is 4.10. The molecule has 6 nitrogen and oxygen atoms in total. The molecule has 9 heteroatoms. The topological polar surface area (TPSA) is 89.3 Å². The van der Waals surface area contributed by atoms with Crippen LogP contribution in [-0.2, 0) is 10.0 Å². The van der Waals surface area contributed by atoms with E-state index in [0.717, 1.165) is 30.3 Å². The van der Waals surface area contributed by atoms with Crippen molar-refractivity contribution in [2.45, 2.75) is 4.90 Å². The minimum Gasteiger partial charge on any atom is -0.278 e. The van der Waals surface area contributed by atoms with Crippen LogP contribution in [0.5, 0.6) is 0 Å². The first kappa shape index (κ1) is 15.2. The molecule has 2 aromatic carbocycles. The molecule has 2 rings (SSSR count). The Morgan fingerprint density at radius 1 is 1.19 bits per heavy atom. The van der Waals surface area contributed by atoms with Crippen LogP contribution in [0.15, 0.2) is 47.4 Å². The van der Waals surface area contributed by atoms with Crippen molar-refractivity contribution in [1.29, 1.82) is 0 Å². The number of anilines is 1. The molecule has 21 heavy (non-hydrogen) atoms. The number of halogens is 2. The van der Waals surface area contributed by atoms with Gasteiger partial charge in [-0.05, 0) is 18.2 Å². The molecule has 110 valence electrons. The molecule has 0 aliphatic rings. The van der Waals surface area contributed by atoms with Crippen LogP contribution in [0.4, 0.5) is 15.8 Å². The highest BCUT2D eigenvalue weighted by Gasteiger charge is 2.20. The summed E-state index contributed by atoms with van der Waals surface area (Å²) in [6, 6.07) is 8.05. The van der Waals surface area contributed by atoms with Crippen LogP contribution < -0.4 is 4.72 Å². The lowest BCUT2D eigenvalue weighted by Crippen LogP contribution is -2.14. The Labute approximate surface area is 124 Å². The highest BCUT2D eigenvalue weighted by atomic mass is 35.5. The van der Waals surface area contributed by atoms with Crippen molar-refractivity contribution in [3.63, 3.8) is 0 Å². The van der Waals surface area contributed by atoms with Crippen molar-refractivity contribution in [3.8, 4) is 0 Å². The van der Waals surface area contributed by atoms with Crippen molar-refractivity contribution in [1.82, 2.24) is 0 Å². The molecule has 0 aliphatic heterocycles. The van der Waals surface area contributed by atoms with Gasteiger partial charge in [-0.2, -0.15) is 0 Å². The maximum absolute atomic E-state index is 13.5. The van der Waals surface area contributed by atoms with Gasteiger partial charge in [0.05, 0.1) is 15.6 Å². The molecule has 0 aliphatic carbocycles. The van der Waals surface area contributed by atoms with Crippen molar-refractivity contribution in [2.75, 3.05) is 4.72 Å². The molecule has 0 atom stereocenters. The van der Waals surface area contributed by atoms with Gasteiger partial charge >= 0.3 is 0 Å². The zero-order chi connectivity index (χ0) is 15.6. The zero-order valence-electron chi connectivity index (χ0n) is 10.3. The third-order valence-electron chi connectivity index (χ3n) is 2.53. The first-order valence-electron chi connectivity index (χ1n) is 5.52. The summed E-state index contributed by atoms with van der Waals surface area (Å²) in [5, 5.41) is 10.4. The first-order chi connectivity index (χ1) is 9.81. The number of rotatable bonds is 4. The Morgan fingerprint density at radius 3 is 2.43 bits per heavy atom. The molecule has 1 N–H and O–H groups in total. The van der Waals surface area contributed by atoms with E-state index in [9.17, 15) is 22.9 Å². The van der Waals surface area contributed by atoms with Crippen LogP contribution in [0, 0.1) is 15.9 Å². The van der Waals surface area contributed by atoms with Crippen LogP contribution >= 0.6 is 11.6 Å². The summed E-state index contributed by atoms with van der Waals surface area (Å²) >= 11 is 5.78. The third kappa shape index (κ3) is 3.29. The average Bonchev–Trinajstić information content (AvgIpc) is 2.41. The summed E-state index contributed by atoms with van der Waals surface area (Å²) in [4.78, 5) is 9.37. The Hall–Kier alpha value is -2.19. The second-order valence-electron chi connectivity index (χ2n) is 3.96. The maximum atomic E-state index is 13.5. The van der Waals surface area contributed by atoms with Gasteiger partial charge in [-0.1, -0.05) is 23.7 Å². The number of hydrogen-bond donors (Lipinski definition) is 1. The Bertz CT molecular complexity index is 811. The minimum absolute atomic E-state index is 0.0782. The smallest absolute Gasteiger partial charge is 0.271 e. The summed E-state index contributed by atoms with van der Waals surface area (Å²) in [5.41, 5.74) is -0.362. The zero-order valence-corrected chi connectivity index (χ0v) is 11.9. The minimum atomic E-state index is -4.18. The van der Waals surface area contributed by atoms with Crippen LogP contribution in [0.2, 0.25) is 5.02 Å². The normalized spacial score (nSPS) is 11.1. The molecule has 0 fully saturated rings. The summed E-state index contributed by atoms with van der Waals surface area (Å²) in [7, 11) is -4.18. The maximum Gasteiger partial charge on any atom is 0.271 e. The summed E-state index contributed by atoms with van der Waals surface area (Å²) < 4.78 is 39.7. The van der Waals surface area contributed by atoms with Crippen molar-refractivity contribution >= 4 is 33.0 Å². The molecule has 0 amide bonds. The Morgan fingerprint density at radius 2 is 1.86 bits per heavy atom. The van der Waals surface area contributed by atoms with E-state index in [4.69, 9.17) is 11.6 Å². The van der Waals surface area contributed by atoms with Gasteiger partial charge in [0.1, 0.15) is 10.7 Å². The van der Waals surface area contributed by atoms with E-state index >= 15 is 0 Å². The number of nitro benzene ring substituents is 1. The van der Waals surface area contributed by atoms with Gasteiger partial charge in [-0.15, -0.1) is 0 Å². The fourth-order valence-corrected chi connectivity index (χ4v) is 3.00. The van der Waals surface area contributed by atoms with Gasteiger partial charge in [0.15, 0.2) is 0 Å². The standard InChI is InChI=1S/C12H8ClFN2O4S/c13-9-7-8(16(17)18)5-6-11(9)15-21(19,20)12-4-2-1-3-10(12)14/h1-7,15H. The predicted molar refractivity (Wildman–Crippen MR) is 75.3 cm³/mol. The van der Waals surface area contributed by atoms with Gasteiger partial charge in [0.25, 0.3) is 15.7 Å². The van der Waals surface area contributed by atoms with E-state index < -0.39 is 25.7 Å². The second kappa shape index (κ2) is 5.66. The van der Waals surface area contributed by atoms with Crippen LogP contribution in [0.3, 0.4) is 0 Å². The van der Waals surface area contributed by atoms with Gasteiger partial charge in [0, 0.05) is 12.1 Å². The highest BCUT2D eigenvalue weighted by molar-refractivity contribution is 7.92. The first-order valence-corrected chi connectivity index (χ1v) is 7.38. The summed E-state index contributed by atoms with van der Waals surface area (Å²) in [5.74, 6) is -0.914. The number of sulfonamides is 1. The number of hydrogen-bond acceptors (Lipinski definition) is 4. The Balaban J connectivity index is 2.38. The SMILES string of the molecule is O=[N+]([O-])c1ccc(NS(=O)(=O)c2ccccc2F)c(Cl)c1. The lowest BCUT2D eigenvalue weighted by atomic mass is 10.3. The van der Waals surface area contributed by atoms with Crippen molar-refractivity contribution in [2.24, 2.45) is 0 Å². The van der Waals surface area contributed by atoms with Crippen LogP contribution in [0.25, 0.3) is 0 Å². The lowest BCUT2D eigenvalue weighted by Gasteiger charge is -2.10. The summed E-state index contributed by atoms with van der Waals surface area (Å²) in [6.07, 6.45) is 0. The molecule has 0 bridgehead atoms. The van der Waals surface area contributed by atoms with Gasteiger partial charge in [-0.3, -0.25) is 14.8 Å². The second-order valence-corrected chi connectivity index (χ2v) is 6.02. The van der Waals surface area contributed by atoms with Crippen LogP contribution in [0.1, 0.15) is 0 Å². The number of nitrogens with zero attached hydrogens (tertiary/aromatic N) is 1. The summed E-state index contributed by atoms with van der Waals surface area (Å²) in [6.45, 7) is 0. The van der Waals surface area contributed by atoms with E-state index in [0.29, 0.717) is 0 Å². The molecule has 0 aromatic heterocycles. The van der Waals surface area contributed by atoms with Gasteiger partial charge in [0.2, 0.25) is 0 Å². The number of benzene rings is 2. The van der Waals surface area contributed by atoms with E-state index in [-0.39, 0.29) is 16.4 Å². The van der Waals surface area contributed by atoms with Crippen molar-refractivity contribution in [3.05, 3.63) is 63.4 Å². The predicted octanol–water partition coefficient (Wildman–Crippen LogP) is 3.19. The third-order valence-corrected chi connectivity index (χ3v) is 4.25. The van der Waals surface area contributed by atoms with Gasteiger partial charge < -0.3 is 0 Å². The van der Waals surface area contributed by atoms with Crippen LogP contribution in [-0.4, -0.2) is 13.3 Å². The van der Waals surface area contributed by atoms with Gasteiger partial charge in [-0.25, -0.2) is 12.8 Å². The number of nitro groups is 1. The van der Waals surface area contributed by atoms with Crippen molar-refractivity contribution < 1.29 is 17.7 Å². The highest BCUT2D eigenvalue weighted by Crippen LogP contribution is 2.29. The molecule has 0 saturated heterocycles. The molecular formula is C12H8ClFN2O4S. The van der Waals surface area contributed by atoms with E-state index in [1.807, 2.05) is 0 Å². The molecule has 0 radical (unpaired) electrons. The molecular weight excluding hydrogens is 323 g/mol. The quantitative estimate of drug-likeness (QED) is 0.688. The monoisotopic (exact) mass is 330 g/mol. The average molecular weight is 331 g/mol. The molecule has 2 aromatic rings. The fourth-order valence-electron chi connectivity index (χ4n) is 1.56. The number of non-ortho nitro benzene ring substituents is 1. The molecule has 0 heterocycles. The lowest BCUT2D eigenvalue weighted by molar-refractivity contribution is -0.384. The molecule has 0 unspecified atom stereocenters. The molecule has 0 saturated carbocycles. The fraction of sp³-hybridized carbons (Fsp3) is 0. The molecule has 0 spiro atoms.